The number of hydrogen-bond donors (Lipinski definition) is 8. The van der Waals surface area contributed by atoms with Gasteiger partial charge in [0, 0.05) is 101 Å². The number of nitrogens with one attached hydrogen (secondary N) is 5. The van der Waals surface area contributed by atoms with Gasteiger partial charge >= 0.3 is 0 Å². The summed E-state index contributed by atoms with van der Waals surface area (Å²) in [7, 11) is 0. The maximum absolute atomic E-state index is 14.0. The van der Waals surface area contributed by atoms with Crippen molar-refractivity contribution in [2.24, 2.45) is 33.0 Å². The standard InChI is InChI=1S/C33H40N4O4S.C28H40N4O4S.C28H37N3O4S.C26H37N3O4/c1-19(2)28(37-16-23-9-7-8-10-25(23)31(37)40)32(41)36-17-24(38)14-27(36)30(39)34-15-22-12-11-21(13-26(22)33(4,5)6)29-20(3)35-18-42-29;1-16-23(37-15-30-16)18-9-10-19(21(11-18)27(3,4)5)13-29-25(35)22-12-20(34)14-32(22)26(36)24(28(6,7)8)31-17(2)33;1-17-23(36-16-29-17)19-11-8-18(9-12-19)10-13-22(33)21-14-20(32)15-31(21)25(34)24(27(2,3)4)30-26(35)28(5,6)7;1-16(18-10-8-17(14-27)9-11-18)12-21(31)20-13-19(30)15-29(20)23(32)22(25(2,3)4)28-24(33)26(5,6)7/h7-13,18-19,24,27-28,38H,14-17H2,1-6H3,(H,34,39);9-11,15,20,22,24,34H,12-14H2,1-8H3,(H,29,35)(H,31,33);8-9,11-12,16,21,24H,10,13-15H2,1-7H3,(H,30,35);8-11,16,19-20,22,30H,12-13,15H2,1-7H3,(H,28,33). The van der Waals surface area contributed by atoms with Crippen LogP contribution >= 0.6 is 34.0 Å². The Kier molecular flexibility index (Phi) is 38.5. The van der Waals surface area contributed by atoms with Gasteiger partial charge in [0.15, 0.2) is 17.3 Å². The van der Waals surface area contributed by atoms with E-state index in [1.165, 1.54) is 26.5 Å². The lowest BCUT2D eigenvalue weighted by atomic mass is 9.82. The van der Waals surface area contributed by atoms with Crippen molar-refractivity contribution in [2.45, 2.75) is 342 Å². The summed E-state index contributed by atoms with van der Waals surface area (Å²) in [4.78, 5) is 194. The number of benzene rings is 5. The highest BCUT2D eigenvalue weighted by Gasteiger charge is 2.51. The number of amides is 10. The molecule has 0 aliphatic carbocycles. The number of nitrogens with zero attached hydrogens (tertiary/aromatic N) is 9. The number of aliphatic hydroxyl groups is 3. The molecule has 5 aliphatic rings. The van der Waals surface area contributed by atoms with Gasteiger partial charge in [0.05, 0.1) is 96.8 Å². The van der Waals surface area contributed by atoms with Crippen molar-refractivity contribution in [3.05, 3.63) is 193 Å². The number of ketones is 3. The van der Waals surface area contributed by atoms with Gasteiger partial charge in [0.2, 0.25) is 53.2 Å². The molecule has 4 fully saturated rings. The van der Waals surface area contributed by atoms with E-state index in [2.05, 4.69) is 107 Å². The van der Waals surface area contributed by atoms with Gasteiger partial charge in [-0.2, -0.15) is 5.26 Å². The van der Waals surface area contributed by atoms with E-state index in [9.17, 15) is 77.6 Å². The largest absolute Gasteiger partial charge is 0.391 e. The van der Waals surface area contributed by atoms with Gasteiger partial charge in [0.25, 0.3) is 5.91 Å². The van der Waals surface area contributed by atoms with Crippen LogP contribution in [-0.4, -0.2) is 224 Å². The first-order valence-electron chi connectivity index (χ1n) is 51.0. The van der Waals surface area contributed by atoms with Crippen LogP contribution in [0.2, 0.25) is 0 Å². The average Bonchev–Trinajstić information content (AvgIpc) is 1.54. The Morgan fingerprint density at radius 3 is 1.26 bits per heavy atom. The van der Waals surface area contributed by atoms with Crippen molar-refractivity contribution in [3.8, 4) is 37.4 Å². The molecule has 148 heavy (non-hydrogen) atoms. The predicted octanol–water partition coefficient (Wildman–Crippen LogP) is 15.7. The van der Waals surface area contributed by atoms with Crippen molar-refractivity contribution in [1.82, 2.24) is 66.0 Å². The van der Waals surface area contributed by atoms with Crippen molar-refractivity contribution in [3.63, 3.8) is 0 Å². The molecule has 0 bridgehead atoms. The quantitative estimate of drug-likeness (QED) is 0.0250. The van der Waals surface area contributed by atoms with Gasteiger partial charge in [-0.1, -0.05) is 245 Å². The minimum Gasteiger partial charge on any atom is -0.391 e. The summed E-state index contributed by atoms with van der Waals surface area (Å²) < 4.78 is 0. The number of carbonyl (C=O) groups is 13. The van der Waals surface area contributed by atoms with Gasteiger partial charge in [-0.15, -0.1) is 34.0 Å². The van der Waals surface area contributed by atoms with E-state index in [0.717, 1.165) is 87.3 Å². The van der Waals surface area contributed by atoms with Crippen LogP contribution in [0.5, 0.6) is 0 Å². The number of thiazole rings is 3. The second-order valence-corrected chi connectivity index (χ2v) is 50.2. The minimum absolute atomic E-state index is 0.0260. The Labute approximate surface area is 885 Å². The van der Waals surface area contributed by atoms with Crippen LogP contribution in [0.1, 0.15) is 289 Å². The molecule has 12 atom stereocenters. The van der Waals surface area contributed by atoms with Crippen LogP contribution in [0.3, 0.4) is 0 Å². The zero-order valence-electron chi connectivity index (χ0n) is 91.4. The number of aromatic nitrogens is 3. The SMILES string of the molecule is CC(=O)NC(C(=O)N1CC(O)CC1C(=O)NCc1ccc(-c2scnc2C)cc1C(C)(C)C)C(C)(C)C.CC(CC(=O)C1CC(O)CN1C(=O)C(NC(=O)C(C)(C)C)C(C)(C)C)c1ccc(C#N)cc1.Cc1ncsc1-c1ccc(CCC(=O)C2CC(=O)CN2C(=O)C(NC(=O)C(C)(C)C)C(C)(C)C)cc1.Cc1ncsc1-c1ccc(CNC(=O)C2CC(O)CN2C(=O)C(C(C)C)N2Cc3ccccc3C2=O)c(C(C)(C)C)c1. The van der Waals surface area contributed by atoms with Gasteiger partial charge in [-0.25, -0.2) is 15.0 Å². The van der Waals surface area contributed by atoms with E-state index in [-0.39, 0.29) is 164 Å². The van der Waals surface area contributed by atoms with E-state index in [0.29, 0.717) is 37.2 Å². The number of nitriles is 1. The summed E-state index contributed by atoms with van der Waals surface area (Å²) in [6, 6.07) is 30.8. The summed E-state index contributed by atoms with van der Waals surface area (Å²) in [5.74, 6) is -3.66. The molecule has 0 spiro atoms. The first kappa shape index (κ1) is 118. The Morgan fingerprint density at radius 2 is 0.872 bits per heavy atom. The van der Waals surface area contributed by atoms with Crippen LogP contribution in [-0.2, 0) is 94.4 Å². The number of fused-ring (bicyclic) bond motifs is 1. The fourth-order valence-electron chi connectivity index (χ4n) is 19.2. The lowest BCUT2D eigenvalue weighted by molar-refractivity contribution is -0.144. The van der Waals surface area contributed by atoms with E-state index < -0.39 is 93.7 Å². The Morgan fingerprint density at radius 1 is 0.473 bits per heavy atom. The molecule has 8 N–H and O–H groups in total. The fourth-order valence-corrected chi connectivity index (χ4v) is 21.6. The summed E-state index contributed by atoms with van der Waals surface area (Å²) in [5.41, 5.74) is 16.6. The first-order valence-corrected chi connectivity index (χ1v) is 53.7. The topological polar surface area (TPSA) is 421 Å². The van der Waals surface area contributed by atoms with Crippen molar-refractivity contribution in [1.29, 1.82) is 5.26 Å². The highest BCUT2D eigenvalue weighted by atomic mass is 32.1. The third-order valence-corrected chi connectivity index (χ3v) is 30.6. The molecular weight excluding hydrogens is 1930 g/mol. The number of likely N-dealkylation sites (tertiary alicyclic amines) is 4. The van der Waals surface area contributed by atoms with E-state index in [1.54, 1.807) is 98.7 Å². The van der Waals surface area contributed by atoms with E-state index in [4.69, 9.17) is 5.26 Å². The summed E-state index contributed by atoms with van der Waals surface area (Å²) in [6.45, 7) is 54.5. The molecule has 5 aromatic carbocycles. The Bertz CT molecular complexity index is 6200. The number of Topliss-reactive ketones (excluding diaryl/α,β-unsaturated/α-hetero) is 3. The molecule has 0 saturated carbocycles. The molecule has 33 heteroatoms. The highest BCUT2D eigenvalue weighted by Crippen LogP contribution is 2.41. The molecule has 5 aliphatic heterocycles. The molecule has 30 nitrogen and oxygen atoms in total. The highest BCUT2D eigenvalue weighted by molar-refractivity contribution is 7.14. The lowest BCUT2D eigenvalue weighted by Crippen LogP contribution is -2.58. The van der Waals surface area contributed by atoms with Crippen LogP contribution < -0.4 is 26.6 Å². The molecule has 3 aromatic heterocycles. The number of β-amino-alcohol motifs (C(OH)–C–C–N with tert-alkyl or cyclic N) is 3. The van der Waals surface area contributed by atoms with Gasteiger partial charge < -0.3 is 66.4 Å². The first-order chi connectivity index (χ1) is 68.8. The summed E-state index contributed by atoms with van der Waals surface area (Å²) in [6.07, 6.45) is -0.898. The van der Waals surface area contributed by atoms with Gasteiger partial charge in [-0.3, -0.25) is 62.3 Å². The van der Waals surface area contributed by atoms with Crippen LogP contribution in [0, 0.1) is 65.1 Å². The van der Waals surface area contributed by atoms with Crippen molar-refractivity contribution >= 4 is 110 Å². The maximum atomic E-state index is 14.0. The number of hydrogen-bond acceptors (Lipinski definition) is 23. The number of carbonyl (C=O) groups excluding carboxylic acids is 13. The van der Waals surface area contributed by atoms with Crippen molar-refractivity contribution < 1.29 is 77.6 Å². The molecular formula is C115H154N14O16S3. The molecule has 12 unspecified atom stereocenters. The van der Waals surface area contributed by atoms with Gasteiger partial charge in [-0.05, 0) is 152 Å². The predicted molar refractivity (Wildman–Crippen MR) is 578 cm³/mol. The zero-order chi connectivity index (χ0) is 110. The smallest absolute Gasteiger partial charge is 0.255 e. The Hall–Kier alpha value is -11.9. The summed E-state index contributed by atoms with van der Waals surface area (Å²) >= 11 is 4.81. The molecule has 8 aromatic rings. The zero-order valence-corrected chi connectivity index (χ0v) is 93.9. The second-order valence-electron chi connectivity index (χ2n) is 47.7. The lowest BCUT2D eigenvalue weighted by Gasteiger charge is -2.36. The monoisotopic (exact) mass is 2080 g/mol. The van der Waals surface area contributed by atoms with Crippen LogP contribution in [0.15, 0.2) is 126 Å². The van der Waals surface area contributed by atoms with Gasteiger partial charge in [0.1, 0.15) is 36.3 Å². The van der Waals surface area contributed by atoms with Crippen LogP contribution in [0.4, 0.5) is 0 Å². The summed E-state index contributed by atoms with van der Waals surface area (Å²) in [5, 5.41) is 54.7. The molecule has 798 valence electrons. The molecule has 10 amide bonds. The Balaban J connectivity index is 0.000000203. The molecule has 4 saturated heterocycles. The molecule has 0 radical (unpaired) electrons. The van der Waals surface area contributed by atoms with Crippen molar-refractivity contribution in [2.75, 3.05) is 26.2 Å². The minimum atomic E-state index is -0.840. The third kappa shape index (κ3) is 29.8. The molecule has 13 rings (SSSR count). The van der Waals surface area contributed by atoms with Crippen LogP contribution in [0.25, 0.3) is 31.3 Å². The van der Waals surface area contributed by atoms with E-state index in [1.807, 2.05) is 193 Å². The normalized spacial score (nSPS) is 19.0. The average molecular weight is 2080 g/mol. The second kappa shape index (κ2) is 48.4. The number of rotatable bonds is 26. The van der Waals surface area contributed by atoms with E-state index >= 15 is 0 Å². The molecule has 8 heterocycles. The third-order valence-electron chi connectivity index (χ3n) is 27.6. The maximum Gasteiger partial charge on any atom is 0.255 e. The number of aryl methyl sites for hydroxylation is 4. The number of aliphatic hydroxyl groups excluding tert-OH is 3. The fraction of sp³-hybridized carbons (Fsp3) is 0.539.